The minimum atomic E-state index is -0.148. The van der Waals surface area contributed by atoms with Crippen molar-refractivity contribution >= 4 is 54.2 Å². The smallest absolute Gasteiger partial charge is 0.256 e. The molecule has 0 bridgehead atoms. The van der Waals surface area contributed by atoms with Crippen molar-refractivity contribution in [3.63, 3.8) is 0 Å². The fourth-order valence-corrected chi connectivity index (χ4v) is 3.79. The Morgan fingerprint density at radius 1 is 1.30 bits per heavy atom. The highest BCUT2D eigenvalue weighted by molar-refractivity contribution is 9.10. The number of hydrazine groups is 1. The van der Waals surface area contributed by atoms with Gasteiger partial charge in [0.1, 0.15) is 0 Å². The molecule has 4 N–H and O–H groups in total. The van der Waals surface area contributed by atoms with Crippen molar-refractivity contribution < 1.29 is 4.79 Å². The first kappa shape index (κ1) is 15.9. The highest BCUT2D eigenvalue weighted by atomic mass is 79.9. The fourth-order valence-electron chi connectivity index (χ4n) is 2.47. The summed E-state index contributed by atoms with van der Waals surface area (Å²) >= 11 is 4.87. The van der Waals surface area contributed by atoms with Gasteiger partial charge in [-0.3, -0.25) is 10.2 Å². The Labute approximate surface area is 146 Å². The largest absolute Gasteiger partial charge is 0.321 e. The molecule has 23 heavy (non-hydrogen) atoms. The molecular weight excluding hydrogens is 376 g/mol. The molecule has 0 spiro atoms. The third kappa shape index (κ3) is 2.95. The maximum Gasteiger partial charge on any atom is 0.256 e. The Kier molecular flexibility index (Phi) is 4.34. The predicted octanol–water partition coefficient (Wildman–Crippen LogP) is 4.21. The third-order valence-electron chi connectivity index (χ3n) is 3.60. The number of nitrogens with zero attached hydrogens (tertiary/aromatic N) is 1. The summed E-state index contributed by atoms with van der Waals surface area (Å²) in [7, 11) is 0. The topological polar surface area (TPSA) is 80.0 Å². The molecule has 5 nitrogen and oxygen atoms in total. The SMILES string of the molecule is Cc1cc2nc(NN)sc2c(C)c1NC(=O)c1ccccc1Br. The van der Waals surface area contributed by atoms with Crippen LogP contribution in [0.3, 0.4) is 0 Å². The van der Waals surface area contributed by atoms with Crippen molar-refractivity contribution in [3.8, 4) is 0 Å². The lowest BCUT2D eigenvalue weighted by Gasteiger charge is -2.13. The van der Waals surface area contributed by atoms with E-state index in [2.05, 4.69) is 31.7 Å². The maximum absolute atomic E-state index is 12.6. The van der Waals surface area contributed by atoms with E-state index in [0.29, 0.717) is 10.7 Å². The highest BCUT2D eigenvalue weighted by Gasteiger charge is 2.16. The molecule has 0 saturated carbocycles. The van der Waals surface area contributed by atoms with Gasteiger partial charge < -0.3 is 5.32 Å². The minimum absolute atomic E-state index is 0.148. The number of hydrogen-bond donors (Lipinski definition) is 3. The molecular formula is C16H15BrN4OS. The van der Waals surface area contributed by atoms with Crippen LogP contribution in [0.25, 0.3) is 10.2 Å². The van der Waals surface area contributed by atoms with Crippen LogP contribution in [0.15, 0.2) is 34.8 Å². The standard InChI is InChI=1S/C16H15BrN4OS/c1-8-7-12-14(23-16(19-12)21-18)9(2)13(8)20-15(22)10-5-3-4-6-11(10)17/h3-7H,18H2,1-2H3,(H,19,21)(H,20,22). The summed E-state index contributed by atoms with van der Waals surface area (Å²) < 4.78 is 1.77. The van der Waals surface area contributed by atoms with Gasteiger partial charge in [0.2, 0.25) is 0 Å². The summed E-state index contributed by atoms with van der Waals surface area (Å²) in [5, 5.41) is 3.66. The summed E-state index contributed by atoms with van der Waals surface area (Å²) in [5.41, 5.74) is 6.80. The van der Waals surface area contributed by atoms with Crippen LogP contribution in [0.5, 0.6) is 0 Å². The number of nitrogens with two attached hydrogens (primary N) is 1. The van der Waals surface area contributed by atoms with Crippen LogP contribution in [0.4, 0.5) is 10.8 Å². The molecule has 118 valence electrons. The van der Waals surface area contributed by atoms with Crippen LogP contribution in [0, 0.1) is 13.8 Å². The lowest BCUT2D eigenvalue weighted by molar-refractivity contribution is 0.102. The van der Waals surface area contributed by atoms with E-state index < -0.39 is 0 Å². The van der Waals surface area contributed by atoms with E-state index in [4.69, 9.17) is 5.84 Å². The number of thiazole rings is 1. The second-order valence-electron chi connectivity index (χ2n) is 5.14. The van der Waals surface area contributed by atoms with Crippen LogP contribution >= 0.6 is 27.3 Å². The van der Waals surface area contributed by atoms with Gasteiger partial charge in [0.25, 0.3) is 5.91 Å². The van der Waals surface area contributed by atoms with Crippen LogP contribution in [-0.4, -0.2) is 10.9 Å². The quantitative estimate of drug-likeness (QED) is 0.462. The Morgan fingerprint density at radius 2 is 2.04 bits per heavy atom. The molecule has 0 fully saturated rings. The number of fused-ring (bicyclic) bond motifs is 1. The number of nitrogens with one attached hydrogen (secondary N) is 2. The molecule has 0 saturated heterocycles. The van der Waals surface area contributed by atoms with Crippen LogP contribution in [0.1, 0.15) is 21.5 Å². The fraction of sp³-hybridized carbons (Fsp3) is 0.125. The number of anilines is 2. The van der Waals surface area contributed by atoms with Crippen LogP contribution < -0.4 is 16.6 Å². The molecule has 1 heterocycles. The number of halogens is 1. The molecule has 2 aromatic carbocycles. The van der Waals surface area contributed by atoms with Gasteiger partial charge in [0.15, 0.2) is 5.13 Å². The van der Waals surface area contributed by atoms with Crippen LogP contribution in [-0.2, 0) is 0 Å². The number of benzene rings is 2. The van der Waals surface area contributed by atoms with Crippen molar-refractivity contribution in [3.05, 3.63) is 51.5 Å². The van der Waals surface area contributed by atoms with Gasteiger partial charge in [-0.25, -0.2) is 10.8 Å². The number of carbonyl (C=O) groups is 1. The summed E-state index contributed by atoms with van der Waals surface area (Å²) in [4.78, 5) is 17.0. The van der Waals surface area contributed by atoms with Crippen molar-refractivity contribution in [2.24, 2.45) is 5.84 Å². The van der Waals surface area contributed by atoms with E-state index in [9.17, 15) is 4.79 Å². The van der Waals surface area contributed by atoms with Crippen molar-refractivity contribution in [2.45, 2.75) is 13.8 Å². The minimum Gasteiger partial charge on any atom is -0.321 e. The zero-order valence-electron chi connectivity index (χ0n) is 12.6. The monoisotopic (exact) mass is 390 g/mol. The Morgan fingerprint density at radius 3 is 2.74 bits per heavy atom. The van der Waals surface area contributed by atoms with Crippen LogP contribution in [0.2, 0.25) is 0 Å². The Hall–Kier alpha value is -1.96. The highest BCUT2D eigenvalue weighted by Crippen LogP contribution is 2.35. The second kappa shape index (κ2) is 6.27. The summed E-state index contributed by atoms with van der Waals surface area (Å²) in [5.74, 6) is 5.29. The molecule has 0 unspecified atom stereocenters. The number of hydrogen-bond acceptors (Lipinski definition) is 5. The number of nitrogen functional groups attached to an aromatic ring is 1. The number of rotatable bonds is 3. The van der Waals surface area contributed by atoms with Crippen molar-refractivity contribution in [1.82, 2.24) is 4.98 Å². The molecule has 7 heteroatoms. The zero-order valence-corrected chi connectivity index (χ0v) is 15.0. The lowest BCUT2D eigenvalue weighted by Crippen LogP contribution is -2.14. The molecule has 1 aromatic heterocycles. The van der Waals surface area contributed by atoms with Gasteiger partial charge >= 0.3 is 0 Å². The average molecular weight is 391 g/mol. The first-order chi connectivity index (χ1) is 11.0. The maximum atomic E-state index is 12.6. The lowest BCUT2D eigenvalue weighted by atomic mass is 10.1. The molecule has 1 amide bonds. The molecule has 0 aliphatic rings. The van der Waals surface area contributed by atoms with Crippen molar-refractivity contribution in [1.29, 1.82) is 0 Å². The van der Waals surface area contributed by atoms with E-state index in [0.717, 1.165) is 31.5 Å². The van der Waals surface area contributed by atoms with Gasteiger partial charge in [-0.15, -0.1) is 0 Å². The average Bonchev–Trinajstić information content (AvgIpc) is 2.95. The van der Waals surface area contributed by atoms with E-state index in [1.54, 1.807) is 6.07 Å². The molecule has 0 radical (unpaired) electrons. The second-order valence-corrected chi connectivity index (χ2v) is 6.99. The van der Waals surface area contributed by atoms with Crippen molar-refractivity contribution in [2.75, 3.05) is 10.7 Å². The summed E-state index contributed by atoms with van der Waals surface area (Å²) in [6.45, 7) is 3.93. The van der Waals surface area contributed by atoms with Gasteiger partial charge in [-0.2, -0.15) is 0 Å². The first-order valence-corrected chi connectivity index (χ1v) is 8.55. The molecule has 0 atom stereocenters. The van der Waals surface area contributed by atoms with Gasteiger partial charge in [0.05, 0.1) is 15.8 Å². The predicted molar refractivity (Wildman–Crippen MR) is 99.0 cm³/mol. The molecule has 0 aliphatic heterocycles. The normalized spacial score (nSPS) is 10.8. The Balaban J connectivity index is 2.03. The number of carbonyl (C=O) groups excluding carboxylic acids is 1. The van der Waals surface area contributed by atoms with Gasteiger partial charge in [0, 0.05) is 10.2 Å². The van der Waals surface area contributed by atoms with E-state index in [1.165, 1.54) is 11.3 Å². The summed E-state index contributed by atoms with van der Waals surface area (Å²) in [6, 6.07) is 9.30. The Bertz CT molecular complexity index is 906. The van der Waals surface area contributed by atoms with E-state index >= 15 is 0 Å². The first-order valence-electron chi connectivity index (χ1n) is 6.94. The molecule has 3 aromatic rings. The van der Waals surface area contributed by atoms with Gasteiger partial charge in [-0.1, -0.05) is 23.5 Å². The zero-order chi connectivity index (χ0) is 16.6. The number of amides is 1. The molecule has 3 rings (SSSR count). The van der Waals surface area contributed by atoms with E-state index in [-0.39, 0.29) is 5.91 Å². The number of aromatic nitrogens is 1. The third-order valence-corrected chi connectivity index (χ3v) is 5.41. The van der Waals surface area contributed by atoms with Gasteiger partial charge in [-0.05, 0) is 59.1 Å². The summed E-state index contributed by atoms with van der Waals surface area (Å²) in [6.07, 6.45) is 0. The van der Waals surface area contributed by atoms with E-state index in [1.807, 2.05) is 38.1 Å². The number of aryl methyl sites for hydroxylation is 2. The molecule has 0 aliphatic carbocycles.